The maximum Gasteiger partial charge on any atom is 2.00 e. The molecule has 0 bridgehead atoms. The van der Waals surface area contributed by atoms with Crippen molar-refractivity contribution in [3.05, 3.63) is 13.8 Å². The average Bonchev–Trinajstić information content (AvgIpc) is 3.29. The van der Waals surface area contributed by atoms with Gasteiger partial charge in [-0.2, -0.15) is 0 Å². The molecule has 0 aliphatic carbocycles. The Morgan fingerprint density at radius 3 is 0.619 bits per heavy atom. The Morgan fingerprint density at radius 1 is 0.302 bits per heavy atom. The van der Waals surface area contributed by atoms with Crippen molar-refractivity contribution in [1.82, 2.24) is 0 Å². The summed E-state index contributed by atoms with van der Waals surface area (Å²) in [7, 11) is 0. The summed E-state index contributed by atoms with van der Waals surface area (Å²) in [5, 5.41) is 0. The summed E-state index contributed by atoms with van der Waals surface area (Å²) in [5.74, 6) is -0.340. The van der Waals surface area contributed by atoms with E-state index in [-0.39, 0.29) is 47.4 Å². The van der Waals surface area contributed by atoms with Crippen LogP contribution in [0.5, 0.6) is 0 Å². The van der Waals surface area contributed by atoms with Gasteiger partial charge in [-0.1, -0.05) is 323 Å². The van der Waals surface area contributed by atoms with E-state index in [0.717, 1.165) is 25.7 Å². The van der Waals surface area contributed by atoms with Gasteiger partial charge < -0.3 is 34.7 Å². The van der Waals surface area contributed by atoms with Gasteiger partial charge >= 0.3 is 23.9 Å². The van der Waals surface area contributed by atoms with Crippen molar-refractivity contribution in [3.8, 4) is 0 Å². The van der Waals surface area contributed by atoms with Crippen LogP contribution in [0.2, 0.25) is 0 Å². The Balaban J connectivity index is -0.000000242. The number of unbranched alkanes of at least 4 members (excludes halogenated alkanes) is 40. The molecule has 0 aliphatic rings. The van der Waals surface area contributed by atoms with E-state index in [1.54, 1.807) is 0 Å². The van der Waals surface area contributed by atoms with Crippen LogP contribution in [-0.2, 0) is 44.3 Å². The van der Waals surface area contributed by atoms with Crippen LogP contribution < -0.4 is 0 Å². The molecule has 0 aromatic heterocycles. The molecule has 0 saturated carbocycles. The summed E-state index contributed by atoms with van der Waals surface area (Å²) in [6.45, 7) is 17.9. The van der Waals surface area contributed by atoms with Gasteiger partial charge in [0.25, 0.3) is 11.9 Å². The zero-order valence-corrected chi connectivity index (χ0v) is 47.8. The van der Waals surface area contributed by atoms with Crippen molar-refractivity contribution in [2.24, 2.45) is 0 Å². The third-order valence-corrected chi connectivity index (χ3v) is 11.9. The van der Waals surface area contributed by atoms with Gasteiger partial charge in [-0.3, -0.25) is 9.59 Å². The summed E-state index contributed by atoms with van der Waals surface area (Å²) in [6, 6.07) is 0. The van der Waals surface area contributed by atoms with E-state index < -0.39 is 0 Å². The van der Waals surface area contributed by atoms with Crippen LogP contribution in [0, 0.1) is 13.8 Å². The molecule has 0 spiro atoms. The van der Waals surface area contributed by atoms with Gasteiger partial charge in [-0.15, -0.1) is 0 Å². The third-order valence-electron chi connectivity index (χ3n) is 11.5. The topological polar surface area (TPSA) is 52.6 Å². The zero-order valence-electron chi connectivity index (χ0n) is 43.3. The molecule has 4 nitrogen and oxygen atoms in total. The maximum atomic E-state index is 10.8. The first-order valence-electron chi connectivity index (χ1n) is 27.5. The molecular weight excluding hydrogens is 919 g/mol. The van der Waals surface area contributed by atoms with Crippen LogP contribution in [0.1, 0.15) is 310 Å². The first-order valence-corrected chi connectivity index (χ1v) is 28.7. The predicted octanol–water partition coefficient (Wildman–Crippen LogP) is 18.7. The van der Waals surface area contributed by atoms with Gasteiger partial charge in [-0.25, -0.2) is 0 Å². The molecule has 0 saturated heterocycles. The summed E-state index contributed by atoms with van der Waals surface area (Å²) in [6.07, 6.45) is 59.5. The summed E-state index contributed by atoms with van der Waals surface area (Å²) < 4.78 is 9.88. The fraction of sp³-hybridized carbons (Fsp3) is 0.929. The minimum absolute atomic E-state index is 0. The van der Waals surface area contributed by atoms with Crippen molar-refractivity contribution in [2.45, 2.75) is 310 Å². The number of rotatable bonds is 46. The monoisotopic (exact) mass is 1030 g/mol. The molecule has 7 heteroatoms. The SMILES string of the molecule is CCCCCCCCCCCCCCOC(=O)C[S-].CCCCCCCCCCCCCCOC(=O)C[S-].[CH2]CCCCCCCCCCC.[CH2]CCCCCCCCCCC.[Sn+2]. The predicted molar refractivity (Wildman–Crippen MR) is 289 cm³/mol. The molecule has 0 aliphatic heterocycles. The number of carbonyl (C=O) groups excluding carboxylic acids is 2. The van der Waals surface area contributed by atoms with Gasteiger partial charge in [-0.05, 0) is 12.8 Å². The van der Waals surface area contributed by atoms with E-state index in [9.17, 15) is 9.59 Å². The largest absolute Gasteiger partial charge is 2.00 e. The molecule has 0 fully saturated rings. The summed E-state index contributed by atoms with van der Waals surface area (Å²) in [5.41, 5.74) is 0. The molecule has 0 amide bonds. The fourth-order valence-electron chi connectivity index (χ4n) is 7.32. The van der Waals surface area contributed by atoms with Gasteiger partial charge in [0, 0.05) is 0 Å². The second-order valence-electron chi connectivity index (χ2n) is 17.9. The van der Waals surface area contributed by atoms with Crippen molar-refractivity contribution in [3.63, 3.8) is 0 Å². The van der Waals surface area contributed by atoms with Gasteiger partial charge in [0.15, 0.2) is 0 Å². The van der Waals surface area contributed by atoms with Crippen LogP contribution in [0.25, 0.3) is 0 Å². The zero-order chi connectivity index (χ0) is 46.5. The van der Waals surface area contributed by atoms with Gasteiger partial charge in [0.05, 0.1) is 13.2 Å². The number of hydrogen-bond acceptors (Lipinski definition) is 6. The maximum absolute atomic E-state index is 10.8. The van der Waals surface area contributed by atoms with Crippen molar-refractivity contribution < 1.29 is 19.1 Å². The van der Waals surface area contributed by atoms with Crippen LogP contribution in [-0.4, -0.2) is 60.6 Å². The van der Waals surface area contributed by atoms with Crippen molar-refractivity contribution >= 4 is 61.1 Å². The van der Waals surface area contributed by atoms with E-state index >= 15 is 0 Å². The molecule has 0 aromatic carbocycles. The Hall–Kier alpha value is 0.439. The first-order chi connectivity index (χ1) is 30.4. The van der Waals surface area contributed by atoms with Crippen LogP contribution in [0.4, 0.5) is 0 Å². The van der Waals surface area contributed by atoms with E-state index in [1.807, 2.05) is 0 Å². The van der Waals surface area contributed by atoms with Crippen LogP contribution in [0.15, 0.2) is 0 Å². The standard InChI is InChI=1S/2C16H32O2S.2C12H25.Sn/c2*1-2-3-4-5-6-7-8-9-10-11-12-13-14-18-16(17)15-19;2*1-3-5-7-9-11-12-10-8-6-4-2;/h2*19H,2-15H2,1H3;2*1,3-12H2,2H3;/q;;;;+2/p-2. The van der Waals surface area contributed by atoms with Gasteiger partial charge in [0.2, 0.25) is 0 Å². The number of hydrogen-bond donors (Lipinski definition) is 0. The summed E-state index contributed by atoms with van der Waals surface area (Å²) in [4.78, 5) is 21.6. The van der Waals surface area contributed by atoms with E-state index in [1.165, 1.54) is 257 Å². The number of esters is 2. The molecule has 0 heterocycles. The summed E-state index contributed by atoms with van der Waals surface area (Å²) >= 11 is 9.19. The molecular formula is C56H112O4S2Sn. The first kappa shape index (κ1) is 72.4. The minimum Gasteiger partial charge on any atom is -0.782 e. The molecule has 63 heavy (non-hydrogen) atoms. The minimum atomic E-state index is -0.252. The molecule has 0 unspecified atom stereocenters. The Bertz CT molecular complexity index is 690. The van der Waals surface area contributed by atoms with Gasteiger partial charge in [0.1, 0.15) is 0 Å². The molecule has 4 radical (unpaired) electrons. The molecule has 0 atom stereocenters. The third kappa shape index (κ3) is 82.9. The smallest absolute Gasteiger partial charge is 0.782 e. The molecule has 0 N–H and O–H groups in total. The van der Waals surface area contributed by atoms with Crippen molar-refractivity contribution in [1.29, 1.82) is 0 Å². The second kappa shape index (κ2) is 74.0. The molecule has 0 rings (SSSR count). The Kier molecular flexibility index (Phi) is 85.1. The number of carbonyl (C=O) groups is 2. The van der Waals surface area contributed by atoms with Crippen molar-refractivity contribution in [2.75, 3.05) is 24.7 Å². The molecule has 376 valence electrons. The van der Waals surface area contributed by atoms with E-state index in [4.69, 9.17) is 9.47 Å². The Morgan fingerprint density at radius 2 is 0.460 bits per heavy atom. The molecule has 0 aromatic rings. The average molecular weight is 1030 g/mol. The quantitative estimate of drug-likeness (QED) is 0.0262. The van der Waals surface area contributed by atoms with E-state index in [2.05, 4.69) is 66.8 Å². The van der Waals surface area contributed by atoms with E-state index in [0.29, 0.717) is 13.2 Å². The normalized spacial score (nSPS) is 10.4. The second-order valence-corrected chi connectivity index (χ2v) is 18.4. The fourth-order valence-corrected chi connectivity index (χ4v) is 7.48. The van der Waals surface area contributed by atoms with Crippen LogP contribution >= 0.6 is 0 Å². The number of ether oxygens (including phenoxy) is 2. The Labute approximate surface area is 426 Å². The van der Waals surface area contributed by atoms with Crippen LogP contribution in [0.3, 0.4) is 0 Å².